The van der Waals surface area contributed by atoms with E-state index >= 15 is 0 Å². The molecule has 0 saturated carbocycles. The predicted octanol–water partition coefficient (Wildman–Crippen LogP) is 2.75. The van der Waals surface area contributed by atoms with Gasteiger partial charge in [0.15, 0.2) is 11.8 Å². The molecule has 3 rings (SSSR count). The molecule has 3 aromatic heterocycles. The molecule has 8 nitrogen and oxygen atoms in total. The monoisotopic (exact) mass is 513 g/mol. The third-order valence-electron chi connectivity index (χ3n) is 3.71. The van der Waals surface area contributed by atoms with Gasteiger partial charge in [-0.25, -0.2) is 4.98 Å². The summed E-state index contributed by atoms with van der Waals surface area (Å²) in [6, 6.07) is 9.30. The maximum atomic E-state index is 5.79. The van der Waals surface area contributed by atoms with Gasteiger partial charge in [0.1, 0.15) is 10.8 Å². The Hall–Kier alpha value is -2.27. The Labute approximate surface area is 185 Å². The van der Waals surface area contributed by atoms with E-state index in [4.69, 9.17) is 16.1 Å². The average molecular weight is 514 g/mol. The molecule has 0 aromatic carbocycles. The molecular weight excluding hydrogens is 493 g/mol. The summed E-state index contributed by atoms with van der Waals surface area (Å²) >= 11 is 5.79. The van der Waals surface area contributed by atoms with Crippen LogP contribution in [0.2, 0.25) is 5.15 Å². The van der Waals surface area contributed by atoms with Gasteiger partial charge in [0, 0.05) is 39.0 Å². The molecule has 3 heterocycles. The Morgan fingerprint density at radius 3 is 2.61 bits per heavy atom. The van der Waals surface area contributed by atoms with E-state index in [1.54, 1.807) is 25.5 Å². The van der Waals surface area contributed by atoms with Gasteiger partial charge in [-0.15, -0.1) is 24.0 Å². The molecule has 0 atom stereocenters. The number of nitrogens with zero attached hydrogens (tertiary/aromatic N) is 5. The van der Waals surface area contributed by atoms with Crippen molar-refractivity contribution in [3.8, 4) is 11.6 Å². The van der Waals surface area contributed by atoms with Gasteiger partial charge in [-0.3, -0.25) is 9.98 Å². The summed E-state index contributed by atoms with van der Waals surface area (Å²) < 4.78 is 5.24. The quantitative estimate of drug-likeness (QED) is 0.217. The summed E-state index contributed by atoms with van der Waals surface area (Å²) in [5, 5.41) is 11.0. The second kappa shape index (κ2) is 11.5. The summed E-state index contributed by atoms with van der Waals surface area (Å²) in [5.74, 6) is 1.75. The minimum atomic E-state index is 0. The van der Waals surface area contributed by atoms with E-state index in [2.05, 4.69) is 35.7 Å². The van der Waals surface area contributed by atoms with Crippen LogP contribution in [0, 0.1) is 0 Å². The van der Waals surface area contributed by atoms with E-state index in [-0.39, 0.29) is 24.0 Å². The van der Waals surface area contributed by atoms with E-state index in [0.717, 1.165) is 18.5 Å². The van der Waals surface area contributed by atoms with Crippen LogP contribution in [0.4, 0.5) is 0 Å². The Balaban J connectivity index is 0.00000280. The zero-order valence-corrected chi connectivity index (χ0v) is 18.4. The van der Waals surface area contributed by atoms with E-state index in [1.807, 2.05) is 24.3 Å². The van der Waals surface area contributed by atoms with Crippen LogP contribution in [0.15, 0.2) is 52.2 Å². The van der Waals surface area contributed by atoms with Crippen molar-refractivity contribution in [3.05, 3.63) is 59.3 Å². The fraction of sp³-hybridized carbons (Fsp3) is 0.278. The number of rotatable bonds is 7. The molecule has 0 fully saturated rings. The van der Waals surface area contributed by atoms with E-state index in [9.17, 15) is 0 Å². The summed E-state index contributed by atoms with van der Waals surface area (Å²) in [5.41, 5.74) is 1.77. The second-order valence-electron chi connectivity index (χ2n) is 5.65. The molecule has 0 radical (unpaired) electrons. The molecule has 0 aliphatic carbocycles. The van der Waals surface area contributed by atoms with Gasteiger partial charge in [0.25, 0.3) is 5.89 Å². The average Bonchev–Trinajstić information content (AvgIpc) is 3.18. The van der Waals surface area contributed by atoms with E-state index in [0.29, 0.717) is 41.5 Å². The number of halogens is 2. The highest BCUT2D eigenvalue weighted by Gasteiger charge is 2.09. The van der Waals surface area contributed by atoms with Crippen molar-refractivity contribution >= 4 is 41.5 Å². The highest BCUT2D eigenvalue weighted by molar-refractivity contribution is 14.0. The van der Waals surface area contributed by atoms with Crippen molar-refractivity contribution in [2.75, 3.05) is 20.1 Å². The molecule has 10 heteroatoms. The molecule has 3 aromatic rings. The summed E-state index contributed by atoms with van der Waals surface area (Å²) in [4.78, 5) is 16.8. The molecule has 28 heavy (non-hydrogen) atoms. The molecule has 0 aliphatic rings. The van der Waals surface area contributed by atoms with Crippen LogP contribution in [-0.4, -0.2) is 46.2 Å². The maximum absolute atomic E-state index is 5.79. The van der Waals surface area contributed by atoms with E-state index < -0.39 is 0 Å². The third kappa shape index (κ3) is 6.71. The van der Waals surface area contributed by atoms with Crippen LogP contribution < -0.4 is 10.6 Å². The lowest BCUT2D eigenvalue weighted by Gasteiger charge is -2.11. The molecule has 0 amide bonds. The van der Waals surface area contributed by atoms with Crippen LogP contribution in [0.25, 0.3) is 11.6 Å². The van der Waals surface area contributed by atoms with Gasteiger partial charge in [-0.2, -0.15) is 4.98 Å². The lowest BCUT2D eigenvalue weighted by molar-refractivity contribution is 0.421. The number of hydrogen-bond acceptors (Lipinski definition) is 6. The van der Waals surface area contributed by atoms with Gasteiger partial charge in [0.2, 0.25) is 0 Å². The molecule has 0 saturated heterocycles. The molecule has 0 bridgehead atoms. The van der Waals surface area contributed by atoms with Gasteiger partial charge >= 0.3 is 0 Å². The van der Waals surface area contributed by atoms with Crippen molar-refractivity contribution in [1.29, 1.82) is 0 Å². The molecule has 148 valence electrons. The molecule has 0 unspecified atom stereocenters. The third-order valence-corrected chi connectivity index (χ3v) is 3.94. The first-order valence-corrected chi connectivity index (χ1v) is 8.91. The van der Waals surface area contributed by atoms with Crippen LogP contribution in [0.5, 0.6) is 0 Å². The molecular formula is C18H21ClIN7O. The van der Waals surface area contributed by atoms with Crippen molar-refractivity contribution in [2.24, 2.45) is 4.99 Å². The predicted molar refractivity (Wildman–Crippen MR) is 119 cm³/mol. The number of nitrogens with one attached hydrogen (secondary N) is 2. The standard InChI is InChI=1S/C18H20ClN7O.HI/c1-20-18(22-10-7-13-5-6-15(19)24-12-13)23-11-8-16-25-17(27-26-16)14-4-2-3-9-21-14;/h2-6,9,12H,7-8,10-11H2,1H3,(H2,20,22,23);1H. The number of hydrogen-bond donors (Lipinski definition) is 2. The largest absolute Gasteiger partial charge is 0.356 e. The Kier molecular flexibility index (Phi) is 9.08. The van der Waals surface area contributed by atoms with Gasteiger partial charge in [-0.05, 0) is 30.2 Å². The minimum Gasteiger partial charge on any atom is -0.356 e. The normalized spacial score (nSPS) is 11.0. The Morgan fingerprint density at radius 2 is 1.93 bits per heavy atom. The van der Waals surface area contributed by atoms with Crippen molar-refractivity contribution in [1.82, 2.24) is 30.7 Å². The molecule has 2 N–H and O–H groups in total. The van der Waals surface area contributed by atoms with Crippen LogP contribution in [-0.2, 0) is 12.8 Å². The zero-order chi connectivity index (χ0) is 18.9. The fourth-order valence-electron chi connectivity index (χ4n) is 2.34. The minimum absolute atomic E-state index is 0. The van der Waals surface area contributed by atoms with Gasteiger partial charge < -0.3 is 15.2 Å². The molecule has 0 aliphatic heterocycles. The van der Waals surface area contributed by atoms with Crippen LogP contribution in [0.3, 0.4) is 0 Å². The first-order valence-electron chi connectivity index (χ1n) is 8.53. The van der Waals surface area contributed by atoms with Gasteiger partial charge in [0.05, 0.1) is 0 Å². The first-order chi connectivity index (χ1) is 13.2. The Bertz CT molecular complexity index is 871. The zero-order valence-electron chi connectivity index (χ0n) is 15.3. The lowest BCUT2D eigenvalue weighted by Crippen LogP contribution is -2.39. The highest BCUT2D eigenvalue weighted by Crippen LogP contribution is 2.13. The highest BCUT2D eigenvalue weighted by atomic mass is 127. The number of aromatic nitrogens is 4. The summed E-state index contributed by atoms with van der Waals surface area (Å²) in [6.45, 7) is 1.36. The molecule has 0 spiro atoms. The maximum Gasteiger partial charge on any atom is 0.276 e. The number of aliphatic imine (C=N–C) groups is 1. The van der Waals surface area contributed by atoms with Crippen LogP contribution in [0.1, 0.15) is 11.4 Å². The first kappa shape index (κ1) is 22.0. The topological polar surface area (TPSA) is 101 Å². The van der Waals surface area contributed by atoms with Crippen molar-refractivity contribution in [2.45, 2.75) is 12.8 Å². The summed E-state index contributed by atoms with van der Waals surface area (Å²) in [6.07, 6.45) is 4.90. The number of guanidine groups is 1. The van der Waals surface area contributed by atoms with Crippen LogP contribution >= 0.6 is 35.6 Å². The smallest absolute Gasteiger partial charge is 0.276 e. The fourth-order valence-corrected chi connectivity index (χ4v) is 2.45. The SMILES string of the molecule is CN=C(NCCc1ccc(Cl)nc1)NCCc1noc(-c2ccccn2)n1.I. The van der Waals surface area contributed by atoms with Crippen molar-refractivity contribution < 1.29 is 4.52 Å². The van der Waals surface area contributed by atoms with Crippen molar-refractivity contribution in [3.63, 3.8) is 0 Å². The lowest BCUT2D eigenvalue weighted by atomic mass is 10.2. The second-order valence-corrected chi connectivity index (χ2v) is 6.03. The Morgan fingerprint density at radius 1 is 1.11 bits per heavy atom. The van der Waals surface area contributed by atoms with Gasteiger partial charge in [-0.1, -0.05) is 28.9 Å². The number of pyridine rings is 2. The summed E-state index contributed by atoms with van der Waals surface area (Å²) in [7, 11) is 1.73. The van der Waals surface area contributed by atoms with E-state index in [1.165, 1.54) is 0 Å².